The van der Waals surface area contributed by atoms with E-state index < -0.39 is 6.97 Å². The van der Waals surface area contributed by atoms with Crippen LogP contribution in [0.5, 0.6) is 11.5 Å². The van der Waals surface area contributed by atoms with Crippen molar-refractivity contribution in [2.45, 2.75) is 12.8 Å². The standard InChI is InChI=1S/C36H29BF2IN4O2.HI/c1-42-19-7-10-25(21-42)30-29-17-13-24-20-27(46-3)16-18-28(24)34(29)44-35(30)41-36-31(22-8-5-4-6-9-22)32(40)33(43(36)37(44,38)39)23-11-14-26(45-2)15-12-23;/h4-12,14-16,18-21H,13,17H2,1-3H3;1H/q+1;. The van der Waals surface area contributed by atoms with E-state index in [1.807, 2.05) is 96.8 Å². The third-order valence-corrected chi connectivity index (χ3v) is 10.1. The van der Waals surface area contributed by atoms with Crippen molar-refractivity contribution in [3.8, 4) is 33.9 Å². The SMILES string of the molecule is COc1ccc(C2=[N+]3C(=Nc4c(-c5ccc[n+](C)c5)c5c(n4[B-]3(F)F)-c3ccc(OC)cc3CC5)C(c3ccccc3)=C2I)cc1.I. The predicted molar refractivity (Wildman–Crippen MR) is 201 cm³/mol. The van der Waals surface area contributed by atoms with E-state index in [2.05, 4.69) is 22.6 Å². The first-order chi connectivity index (χ1) is 22.3. The van der Waals surface area contributed by atoms with Crippen LogP contribution in [0.25, 0.3) is 28.0 Å². The quantitative estimate of drug-likeness (QED) is 0.102. The Labute approximate surface area is 302 Å². The van der Waals surface area contributed by atoms with Gasteiger partial charge in [-0.3, -0.25) is 0 Å². The number of benzene rings is 3. The van der Waals surface area contributed by atoms with Gasteiger partial charge in [-0.05, 0) is 111 Å². The predicted octanol–water partition coefficient (Wildman–Crippen LogP) is 8.01. The minimum absolute atomic E-state index is 0. The molecule has 2 aliphatic heterocycles. The van der Waals surface area contributed by atoms with E-state index in [0.717, 1.165) is 33.4 Å². The Kier molecular flexibility index (Phi) is 8.10. The van der Waals surface area contributed by atoms with Gasteiger partial charge in [0.05, 0.1) is 34.5 Å². The fourth-order valence-electron chi connectivity index (χ4n) is 7.06. The highest BCUT2D eigenvalue weighted by Gasteiger charge is 2.56. The summed E-state index contributed by atoms with van der Waals surface area (Å²) in [6, 6.07) is 26.6. The Morgan fingerprint density at radius 3 is 2.26 bits per heavy atom. The van der Waals surface area contributed by atoms with Gasteiger partial charge in [0.15, 0.2) is 12.4 Å². The molecule has 3 aromatic carbocycles. The summed E-state index contributed by atoms with van der Waals surface area (Å²) in [5.74, 6) is 1.90. The lowest BCUT2D eigenvalue weighted by Gasteiger charge is -2.33. The molecule has 0 saturated heterocycles. The summed E-state index contributed by atoms with van der Waals surface area (Å²) in [5.41, 5.74) is 7.39. The molecule has 1 aliphatic carbocycles. The van der Waals surface area contributed by atoms with Crippen molar-refractivity contribution in [3.05, 3.63) is 123 Å². The van der Waals surface area contributed by atoms with E-state index in [1.165, 1.54) is 8.96 Å². The first-order valence-electron chi connectivity index (χ1n) is 15.1. The molecule has 0 saturated carbocycles. The third-order valence-electron chi connectivity index (χ3n) is 9.10. The number of fused-ring (bicyclic) bond motifs is 6. The second-order valence-electron chi connectivity index (χ2n) is 11.7. The number of rotatable bonds is 5. The smallest absolute Gasteiger partial charge is 0.497 e. The lowest BCUT2D eigenvalue weighted by molar-refractivity contribution is -0.671. The van der Waals surface area contributed by atoms with Crippen molar-refractivity contribution in [1.29, 1.82) is 0 Å². The fraction of sp³-hybridized carbons (Fsp3) is 0.139. The number of nitrogens with zero attached hydrogens (tertiary/aromatic N) is 4. The molecule has 0 N–H and O–H groups in total. The molecule has 4 heterocycles. The topological polar surface area (TPSA) is 42.6 Å². The van der Waals surface area contributed by atoms with Crippen LogP contribution < -0.4 is 14.0 Å². The van der Waals surface area contributed by atoms with Gasteiger partial charge in [-0.1, -0.05) is 30.3 Å². The van der Waals surface area contributed by atoms with Gasteiger partial charge in [0.2, 0.25) is 5.82 Å². The van der Waals surface area contributed by atoms with Gasteiger partial charge >= 0.3 is 6.97 Å². The molecule has 6 nitrogen and oxygen atoms in total. The molecular formula is C36H30BF2I2N4O2+. The van der Waals surface area contributed by atoms with Crippen molar-refractivity contribution in [2.75, 3.05) is 14.2 Å². The van der Waals surface area contributed by atoms with Gasteiger partial charge in [0.25, 0.3) is 5.84 Å². The number of hydrogen-bond acceptors (Lipinski definition) is 3. The maximum absolute atomic E-state index is 17.9. The minimum atomic E-state index is -4.43. The van der Waals surface area contributed by atoms with Crippen LogP contribution in [0.1, 0.15) is 22.3 Å². The fourth-order valence-corrected chi connectivity index (χ4v) is 8.18. The molecule has 3 aliphatic rings. The molecule has 0 atom stereocenters. The Morgan fingerprint density at radius 1 is 0.851 bits per heavy atom. The number of allylic oxidation sites excluding steroid dienone is 1. The van der Waals surface area contributed by atoms with Gasteiger partial charge in [0, 0.05) is 17.3 Å². The van der Waals surface area contributed by atoms with Gasteiger partial charge in [-0.2, -0.15) is 0 Å². The van der Waals surface area contributed by atoms with Crippen LogP contribution in [0.2, 0.25) is 0 Å². The molecule has 0 radical (unpaired) electrons. The molecule has 2 aromatic heterocycles. The summed E-state index contributed by atoms with van der Waals surface area (Å²) in [7, 11) is 5.16. The van der Waals surface area contributed by atoms with Crippen LogP contribution >= 0.6 is 46.6 Å². The molecule has 8 rings (SSSR count). The zero-order chi connectivity index (χ0) is 31.7. The van der Waals surface area contributed by atoms with Crippen molar-refractivity contribution in [2.24, 2.45) is 12.0 Å². The number of halogens is 4. The van der Waals surface area contributed by atoms with E-state index in [1.54, 1.807) is 26.4 Å². The van der Waals surface area contributed by atoms with Crippen molar-refractivity contribution in [3.63, 3.8) is 0 Å². The Morgan fingerprint density at radius 2 is 1.55 bits per heavy atom. The average Bonchev–Trinajstić information content (AvgIpc) is 3.57. The molecular weight excluding hydrogens is 823 g/mol. The highest BCUT2D eigenvalue weighted by molar-refractivity contribution is 14.1. The summed E-state index contributed by atoms with van der Waals surface area (Å²) in [6.45, 7) is -4.43. The second-order valence-corrected chi connectivity index (χ2v) is 12.8. The highest BCUT2D eigenvalue weighted by atomic mass is 127. The molecule has 47 heavy (non-hydrogen) atoms. The number of hydrogen-bond donors (Lipinski definition) is 0. The molecule has 0 unspecified atom stereocenters. The maximum Gasteiger partial charge on any atom is 0.642 e. The number of aromatic nitrogens is 2. The van der Waals surface area contributed by atoms with Crippen molar-refractivity contribution >= 4 is 76.5 Å². The second kappa shape index (κ2) is 12.0. The molecule has 0 spiro atoms. The summed E-state index contributed by atoms with van der Waals surface area (Å²) in [5, 5.41) is 0. The number of amidine groups is 1. The van der Waals surface area contributed by atoms with Gasteiger partial charge in [0.1, 0.15) is 24.3 Å². The first-order valence-corrected chi connectivity index (χ1v) is 16.2. The molecule has 0 bridgehead atoms. The van der Waals surface area contributed by atoms with E-state index in [-0.39, 0.29) is 35.6 Å². The molecule has 11 heteroatoms. The Hall–Kier alpha value is -3.85. The largest absolute Gasteiger partial charge is 0.642 e. The average molecular weight is 853 g/mol. The van der Waals surface area contributed by atoms with Crippen LogP contribution in [0.3, 0.4) is 0 Å². The van der Waals surface area contributed by atoms with Gasteiger partial charge < -0.3 is 27.1 Å². The maximum atomic E-state index is 17.9. The highest BCUT2D eigenvalue weighted by Crippen LogP contribution is 2.52. The van der Waals surface area contributed by atoms with E-state index in [0.29, 0.717) is 50.5 Å². The van der Waals surface area contributed by atoms with Crippen LogP contribution in [-0.4, -0.2) is 41.7 Å². The molecule has 5 aromatic rings. The van der Waals surface area contributed by atoms with Crippen LogP contribution in [0, 0.1) is 0 Å². The van der Waals surface area contributed by atoms with E-state index >= 15 is 8.63 Å². The summed E-state index contributed by atoms with van der Waals surface area (Å²) >= 11 is 2.21. The van der Waals surface area contributed by atoms with Crippen LogP contribution in [0.4, 0.5) is 14.4 Å². The van der Waals surface area contributed by atoms with Crippen LogP contribution in [0.15, 0.2) is 106 Å². The number of aryl methyl sites for hydroxylation is 2. The third kappa shape index (κ3) is 4.87. The zero-order valence-corrected chi connectivity index (χ0v) is 30.4. The monoisotopic (exact) mass is 853 g/mol. The summed E-state index contributed by atoms with van der Waals surface area (Å²) in [6.07, 6.45) is 5.25. The lowest BCUT2D eigenvalue weighted by Crippen LogP contribution is -2.53. The van der Waals surface area contributed by atoms with Gasteiger partial charge in [-0.25, -0.2) is 4.57 Å². The van der Waals surface area contributed by atoms with Gasteiger partial charge in [-0.15, -0.1) is 24.0 Å². The summed E-state index contributed by atoms with van der Waals surface area (Å²) in [4.78, 5) is 5.24. The molecule has 236 valence electrons. The molecule has 0 amide bonds. The van der Waals surface area contributed by atoms with Crippen LogP contribution in [-0.2, 0) is 19.9 Å². The Balaban J connectivity index is 0.00000351. The van der Waals surface area contributed by atoms with Crippen molar-refractivity contribution < 1.29 is 27.2 Å². The minimum Gasteiger partial charge on any atom is -0.497 e. The zero-order valence-electron chi connectivity index (χ0n) is 25.9. The lowest BCUT2D eigenvalue weighted by atomic mass is 9.85. The van der Waals surface area contributed by atoms with E-state index in [9.17, 15) is 0 Å². The first kappa shape index (κ1) is 31.7. The number of pyridine rings is 1. The Bertz CT molecular complexity index is 2180. The molecule has 0 fully saturated rings. The normalized spacial score (nSPS) is 15.7. The summed E-state index contributed by atoms with van der Waals surface area (Å²) < 4.78 is 51.8. The number of ether oxygens (including phenoxy) is 2. The van der Waals surface area contributed by atoms with E-state index in [4.69, 9.17) is 14.5 Å². The number of methoxy groups -OCH3 is 2. The van der Waals surface area contributed by atoms with Crippen molar-refractivity contribution in [1.82, 2.24) is 4.48 Å². The number of aliphatic imine (C=N–C) groups is 1.